The molecule has 3 N–H and O–H groups in total. The van der Waals surface area contributed by atoms with Crippen LogP contribution in [-0.2, 0) is 9.47 Å². The molecule has 1 saturated heterocycles. The van der Waals surface area contributed by atoms with Gasteiger partial charge in [0.25, 0.3) is 0 Å². The first kappa shape index (κ1) is 16.1. The van der Waals surface area contributed by atoms with Gasteiger partial charge in [-0.25, -0.2) is 0 Å². The Morgan fingerprint density at radius 2 is 1.73 bits per heavy atom. The average Bonchev–Trinajstić information content (AvgIpc) is 2.73. The molecule has 22 heavy (non-hydrogen) atoms. The minimum Gasteiger partial charge on any atom is -0.370 e. The monoisotopic (exact) mass is 309 g/mol. The van der Waals surface area contributed by atoms with Gasteiger partial charge >= 0.3 is 0 Å². The summed E-state index contributed by atoms with van der Waals surface area (Å²) in [5, 5.41) is 3.39. The highest BCUT2D eigenvalue weighted by atomic mass is 16.7. The summed E-state index contributed by atoms with van der Waals surface area (Å²) in [6.45, 7) is 1.26. The fourth-order valence-corrected chi connectivity index (χ4v) is 3.94. The van der Waals surface area contributed by atoms with Crippen molar-refractivity contribution >= 4 is 5.96 Å². The van der Waals surface area contributed by atoms with Gasteiger partial charge in [0, 0.05) is 18.9 Å². The molecule has 1 heterocycles. The summed E-state index contributed by atoms with van der Waals surface area (Å²) < 4.78 is 12.1. The molecule has 0 aromatic carbocycles. The van der Waals surface area contributed by atoms with Gasteiger partial charge in [-0.3, -0.25) is 4.99 Å². The van der Waals surface area contributed by atoms with Crippen LogP contribution in [0.3, 0.4) is 0 Å². The molecule has 0 aromatic heterocycles. The molecule has 3 rings (SSSR count). The molecule has 2 saturated carbocycles. The number of aliphatic imine (C=N–C) groups is 1. The predicted octanol–water partition coefficient (Wildman–Crippen LogP) is 2.69. The zero-order valence-corrected chi connectivity index (χ0v) is 13.7. The summed E-state index contributed by atoms with van der Waals surface area (Å²) in [6.07, 6.45) is 13.6. The van der Waals surface area contributed by atoms with E-state index in [1.54, 1.807) is 0 Å². The number of ether oxygens (including phenoxy) is 2. The summed E-state index contributed by atoms with van der Waals surface area (Å²) in [4.78, 5) is 4.49. The molecule has 0 aromatic rings. The lowest BCUT2D eigenvalue weighted by Crippen LogP contribution is -2.40. The van der Waals surface area contributed by atoms with E-state index in [1.165, 1.54) is 57.8 Å². The Balaban J connectivity index is 1.43. The quantitative estimate of drug-likeness (QED) is 0.478. The van der Waals surface area contributed by atoms with Gasteiger partial charge < -0.3 is 20.5 Å². The predicted molar refractivity (Wildman–Crippen MR) is 87.8 cm³/mol. The number of hydrogen-bond donors (Lipinski definition) is 2. The number of guanidine groups is 1. The molecule has 5 heteroatoms. The van der Waals surface area contributed by atoms with E-state index in [-0.39, 0.29) is 11.9 Å². The third-order valence-electron chi connectivity index (χ3n) is 5.20. The van der Waals surface area contributed by atoms with Crippen molar-refractivity contribution in [2.75, 3.05) is 13.2 Å². The molecule has 1 unspecified atom stereocenters. The summed E-state index contributed by atoms with van der Waals surface area (Å²) in [7, 11) is 0. The lowest BCUT2D eigenvalue weighted by molar-refractivity contribution is -0.186. The van der Waals surface area contributed by atoms with Gasteiger partial charge in [-0.2, -0.15) is 0 Å². The topological polar surface area (TPSA) is 68.9 Å². The number of nitrogens with zero attached hydrogens (tertiary/aromatic N) is 1. The van der Waals surface area contributed by atoms with Crippen LogP contribution in [0.1, 0.15) is 70.6 Å². The molecule has 126 valence electrons. The Hall–Kier alpha value is -0.810. The highest BCUT2D eigenvalue weighted by Crippen LogP contribution is 2.37. The molecule has 1 spiro atoms. The number of hydrogen-bond acceptors (Lipinski definition) is 3. The second-order valence-corrected chi connectivity index (χ2v) is 7.08. The maximum atomic E-state index is 6.14. The largest absolute Gasteiger partial charge is 0.370 e. The molecular formula is C17H31N3O2. The molecule has 5 nitrogen and oxygen atoms in total. The molecule has 2 aliphatic carbocycles. The van der Waals surface area contributed by atoms with Gasteiger partial charge in [-0.1, -0.05) is 32.1 Å². The van der Waals surface area contributed by atoms with Crippen molar-refractivity contribution in [3.63, 3.8) is 0 Å². The smallest absolute Gasteiger partial charge is 0.188 e. The minimum absolute atomic E-state index is 0.0626. The molecule has 0 amide bonds. The van der Waals surface area contributed by atoms with E-state index in [9.17, 15) is 0 Å². The van der Waals surface area contributed by atoms with Gasteiger partial charge in [0.15, 0.2) is 11.7 Å². The molecule has 3 aliphatic rings. The van der Waals surface area contributed by atoms with Crippen molar-refractivity contribution in [2.45, 2.75) is 88.6 Å². The Bertz CT molecular complexity index is 372. The van der Waals surface area contributed by atoms with E-state index in [4.69, 9.17) is 15.2 Å². The van der Waals surface area contributed by atoms with Crippen molar-refractivity contribution in [1.82, 2.24) is 5.32 Å². The molecule has 0 radical (unpaired) electrons. The fraction of sp³-hybridized carbons (Fsp3) is 0.941. The SMILES string of the molecule is NC(=NCC1COC2(CCCCC2)O1)NC1CCCCCC1. The number of rotatable bonds is 3. The second kappa shape index (κ2) is 7.64. The van der Waals surface area contributed by atoms with Crippen LogP contribution in [0.5, 0.6) is 0 Å². The lowest BCUT2D eigenvalue weighted by atomic mass is 9.94. The highest BCUT2D eigenvalue weighted by molar-refractivity contribution is 5.78. The van der Waals surface area contributed by atoms with Crippen LogP contribution in [0.15, 0.2) is 4.99 Å². The van der Waals surface area contributed by atoms with E-state index >= 15 is 0 Å². The Morgan fingerprint density at radius 1 is 1.05 bits per heavy atom. The van der Waals surface area contributed by atoms with E-state index in [2.05, 4.69) is 10.3 Å². The van der Waals surface area contributed by atoms with Crippen LogP contribution in [0.2, 0.25) is 0 Å². The van der Waals surface area contributed by atoms with Gasteiger partial charge in [0.05, 0.1) is 13.2 Å². The zero-order valence-electron chi connectivity index (χ0n) is 13.7. The number of nitrogens with one attached hydrogen (secondary N) is 1. The molecule has 3 fully saturated rings. The van der Waals surface area contributed by atoms with Crippen LogP contribution < -0.4 is 11.1 Å². The van der Waals surface area contributed by atoms with Crippen LogP contribution in [-0.4, -0.2) is 37.0 Å². The maximum Gasteiger partial charge on any atom is 0.188 e. The molecule has 1 atom stereocenters. The first-order valence-electron chi connectivity index (χ1n) is 9.14. The van der Waals surface area contributed by atoms with Gasteiger partial charge in [-0.05, 0) is 25.7 Å². The standard InChI is InChI=1S/C17H31N3O2/c18-16(20-14-8-4-1-2-5-9-14)19-12-15-13-21-17(22-15)10-6-3-7-11-17/h14-15H,1-13H2,(H3,18,19,20). The third kappa shape index (κ3) is 4.35. The zero-order chi connectivity index (χ0) is 15.3. The van der Waals surface area contributed by atoms with Crippen LogP contribution in [0.4, 0.5) is 0 Å². The molecule has 0 bridgehead atoms. The van der Waals surface area contributed by atoms with Crippen molar-refractivity contribution in [1.29, 1.82) is 0 Å². The van der Waals surface area contributed by atoms with E-state index in [0.717, 1.165) is 12.8 Å². The number of nitrogens with two attached hydrogens (primary N) is 1. The average molecular weight is 309 g/mol. The summed E-state index contributed by atoms with van der Waals surface area (Å²) in [6, 6.07) is 0.497. The summed E-state index contributed by atoms with van der Waals surface area (Å²) >= 11 is 0. The van der Waals surface area contributed by atoms with Crippen LogP contribution >= 0.6 is 0 Å². The van der Waals surface area contributed by atoms with E-state index in [1.807, 2.05) is 0 Å². The minimum atomic E-state index is -0.304. The first-order valence-corrected chi connectivity index (χ1v) is 9.14. The van der Waals surface area contributed by atoms with Crippen molar-refractivity contribution in [2.24, 2.45) is 10.7 Å². The lowest BCUT2D eigenvalue weighted by Gasteiger charge is -2.31. The van der Waals surface area contributed by atoms with E-state index < -0.39 is 0 Å². The van der Waals surface area contributed by atoms with Gasteiger partial charge in [0.1, 0.15) is 6.10 Å². The summed E-state index contributed by atoms with van der Waals surface area (Å²) in [5.74, 6) is 0.266. The Labute approximate surface area is 134 Å². The van der Waals surface area contributed by atoms with Crippen molar-refractivity contribution in [3.8, 4) is 0 Å². The van der Waals surface area contributed by atoms with Gasteiger partial charge in [0.2, 0.25) is 0 Å². The maximum absolute atomic E-state index is 6.14. The van der Waals surface area contributed by atoms with Crippen LogP contribution in [0.25, 0.3) is 0 Å². The van der Waals surface area contributed by atoms with E-state index in [0.29, 0.717) is 25.2 Å². The highest BCUT2D eigenvalue weighted by Gasteiger charge is 2.42. The van der Waals surface area contributed by atoms with Gasteiger partial charge in [-0.15, -0.1) is 0 Å². The fourth-order valence-electron chi connectivity index (χ4n) is 3.94. The van der Waals surface area contributed by atoms with Crippen molar-refractivity contribution < 1.29 is 9.47 Å². The van der Waals surface area contributed by atoms with Crippen molar-refractivity contribution in [3.05, 3.63) is 0 Å². The third-order valence-corrected chi connectivity index (χ3v) is 5.20. The molecule has 1 aliphatic heterocycles. The Morgan fingerprint density at radius 3 is 2.45 bits per heavy atom. The second-order valence-electron chi connectivity index (χ2n) is 7.08. The first-order chi connectivity index (χ1) is 10.8. The molecular weight excluding hydrogens is 278 g/mol. The normalized spacial score (nSPS) is 30.4. The van der Waals surface area contributed by atoms with Crippen LogP contribution in [0, 0.1) is 0 Å². The Kier molecular flexibility index (Phi) is 5.58. The summed E-state index contributed by atoms with van der Waals surface area (Å²) in [5.41, 5.74) is 6.05.